The third-order valence-electron chi connectivity index (χ3n) is 2.27. The molecule has 19 heavy (non-hydrogen) atoms. The van der Waals surface area contributed by atoms with E-state index >= 15 is 0 Å². The molecule has 3 N–H and O–H groups in total. The first kappa shape index (κ1) is 12.9. The number of nitrogens with two attached hydrogens (primary N) is 1. The van der Waals surface area contributed by atoms with Crippen LogP contribution in [0.15, 0.2) is 24.4 Å². The summed E-state index contributed by atoms with van der Waals surface area (Å²) in [5.74, 6) is -3.76. The van der Waals surface area contributed by atoms with Gasteiger partial charge in [0.05, 0.1) is 11.1 Å². The first-order valence-corrected chi connectivity index (χ1v) is 4.95. The van der Waals surface area contributed by atoms with Gasteiger partial charge in [-0.1, -0.05) is 0 Å². The molecule has 0 aliphatic carbocycles. The van der Waals surface area contributed by atoms with Crippen LogP contribution in [0.5, 0.6) is 0 Å². The van der Waals surface area contributed by atoms with E-state index in [0.29, 0.717) is 5.52 Å². The van der Waals surface area contributed by atoms with E-state index in [1.807, 2.05) is 0 Å². The van der Waals surface area contributed by atoms with Crippen LogP contribution >= 0.6 is 0 Å². The lowest BCUT2D eigenvalue weighted by molar-refractivity contribution is -0.167. The second-order valence-electron chi connectivity index (χ2n) is 3.60. The van der Waals surface area contributed by atoms with Gasteiger partial charge in [0.2, 0.25) is 0 Å². The van der Waals surface area contributed by atoms with Crippen molar-refractivity contribution < 1.29 is 22.8 Å². The minimum Gasteiger partial charge on any atom is -0.365 e. The van der Waals surface area contributed by atoms with E-state index in [4.69, 9.17) is 5.73 Å². The first-order chi connectivity index (χ1) is 8.79. The quantitative estimate of drug-likeness (QED) is 0.852. The first-order valence-electron chi connectivity index (χ1n) is 4.95. The number of hydrogen-bond donors (Lipinski definition) is 2. The SMILES string of the molecule is NC(=O)c1cc2cccn2nc1NC(=O)C(F)(F)F. The topological polar surface area (TPSA) is 89.5 Å². The minimum absolute atomic E-state index is 0.302. The summed E-state index contributed by atoms with van der Waals surface area (Å²) in [5.41, 5.74) is 5.19. The minimum atomic E-state index is -5.08. The van der Waals surface area contributed by atoms with Gasteiger partial charge in [0, 0.05) is 6.20 Å². The molecule has 2 amide bonds. The largest absolute Gasteiger partial charge is 0.471 e. The van der Waals surface area contributed by atoms with Crippen LogP contribution in [0.25, 0.3) is 5.52 Å². The molecule has 9 heteroatoms. The van der Waals surface area contributed by atoms with Gasteiger partial charge in [-0.05, 0) is 18.2 Å². The van der Waals surface area contributed by atoms with Crippen molar-refractivity contribution >= 4 is 23.1 Å². The zero-order valence-electron chi connectivity index (χ0n) is 9.23. The lowest BCUT2D eigenvalue weighted by atomic mass is 10.2. The number of aromatic nitrogens is 2. The van der Waals surface area contributed by atoms with Gasteiger partial charge in [0.1, 0.15) is 0 Å². The monoisotopic (exact) mass is 272 g/mol. The van der Waals surface area contributed by atoms with E-state index in [1.54, 1.807) is 12.1 Å². The number of nitrogens with zero attached hydrogens (tertiary/aromatic N) is 2. The summed E-state index contributed by atoms with van der Waals surface area (Å²) in [6, 6.07) is 4.39. The predicted molar refractivity (Wildman–Crippen MR) is 58.4 cm³/mol. The highest BCUT2D eigenvalue weighted by Crippen LogP contribution is 2.20. The summed E-state index contributed by atoms with van der Waals surface area (Å²) in [6.07, 6.45) is -3.63. The highest BCUT2D eigenvalue weighted by molar-refractivity contribution is 6.03. The number of carbonyl (C=O) groups is 2. The number of anilines is 1. The van der Waals surface area contributed by atoms with Gasteiger partial charge < -0.3 is 11.1 Å². The van der Waals surface area contributed by atoms with E-state index in [0.717, 1.165) is 0 Å². The summed E-state index contributed by atoms with van der Waals surface area (Å²) in [5, 5.41) is 5.21. The number of halogens is 3. The second-order valence-corrected chi connectivity index (χ2v) is 3.60. The fourth-order valence-electron chi connectivity index (χ4n) is 1.43. The molecule has 0 aliphatic rings. The Labute approximate surface area is 104 Å². The fourth-order valence-corrected chi connectivity index (χ4v) is 1.43. The van der Waals surface area contributed by atoms with Crippen LogP contribution < -0.4 is 11.1 Å². The van der Waals surface area contributed by atoms with E-state index < -0.39 is 23.8 Å². The lowest BCUT2D eigenvalue weighted by Gasteiger charge is -2.10. The van der Waals surface area contributed by atoms with Crippen LogP contribution in [0.1, 0.15) is 10.4 Å². The van der Waals surface area contributed by atoms with Gasteiger partial charge in [-0.3, -0.25) is 9.59 Å². The Morgan fingerprint density at radius 3 is 2.63 bits per heavy atom. The van der Waals surface area contributed by atoms with Gasteiger partial charge >= 0.3 is 12.1 Å². The number of fused-ring (bicyclic) bond motifs is 1. The number of carbonyl (C=O) groups excluding carboxylic acids is 2. The molecule has 0 radical (unpaired) electrons. The van der Waals surface area contributed by atoms with Gasteiger partial charge in [-0.2, -0.15) is 13.2 Å². The highest BCUT2D eigenvalue weighted by atomic mass is 19.4. The zero-order valence-corrected chi connectivity index (χ0v) is 9.23. The molecule has 2 rings (SSSR count). The lowest BCUT2D eigenvalue weighted by Crippen LogP contribution is -2.31. The summed E-state index contributed by atoms with van der Waals surface area (Å²) < 4.78 is 37.7. The molecular formula is C10H7F3N4O2. The average molecular weight is 272 g/mol. The van der Waals surface area contributed by atoms with Crippen molar-refractivity contribution in [1.82, 2.24) is 9.61 Å². The Kier molecular flexibility index (Phi) is 2.89. The van der Waals surface area contributed by atoms with Gasteiger partial charge in [-0.25, -0.2) is 4.52 Å². The van der Waals surface area contributed by atoms with E-state index in [1.165, 1.54) is 22.1 Å². The molecule has 0 saturated heterocycles. The molecule has 0 spiro atoms. The molecule has 6 nitrogen and oxygen atoms in total. The van der Waals surface area contributed by atoms with Crippen molar-refractivity contribution in [3.8, 4) is 0 Å². The van der Waals surface area contributed by atoms with Crippen LogP contribution in [0, 0.1) is 0 Å². The summed E-state index contributed by atoms with van der Waals surface area (Å²) in [7, 11) is 0. The van der Waals surface area contributed by atoms with Crippen LogP contribution in [0.3, 0.4) is 0 Å². The number of primary amides is 1. The molecule has 0 fully saturated rings. The van der Waals surface area contributed by atoms with Crippen molar-refractivity contribution in [2.75, 3.05) is 5.32 Å². The Morgan fingerprint density at radius 1 is 1.37 bits per heavy atom. The highest BCUT2D eigenvalue weighted by Gasteiger charge is 2.39. The molecule has 0 atom stereocenters. The van der Waals surface area contributed by atoms with E-state index in [9.17, 15) is 22.8 Å². The van der Waals surface area contributed by atoms with Crippen molar-refractivity contribution in [3.05, 3.63) is 30.0 Å². The molecule has 0 unspecified atom stereocenters. The van der Waals surface area contributed by atoms with Crippen LogP contribution in [0.4, 0.5) is 19.0 Å². The molecule has 0 saturated carbocycles. The van der Waals surface area contributed by atoms with Gasteiger partial charge in [0.25, 0.3) is 5.91 Å². The van der Waals surface area contributed by atoms with Crippen LogP contribution in [-0.2, 0) is 4.79 Å². The number of rotatable bonds is 2. The Hall–Kier alpha value is -2.58. The van der Waals surface area contributed by atoms with E-state index in [2.05, 4.69) is 5.10 Å². The van der Waals surface area contributed by atoms with Gasteiger partial charge in [0.15, 0.2) is 5.82 Å². The van der Waals surface area contributed by atoms with E-state index in [-0.39, 0.29) is 5.56 Å². The number of hydrogen-bond acceptors (Lipinski definition) is 3. The molecule has 0 aliphatic heterocycles. The van der Waals surface area contributed by atoms with Crippen molar-refractivity contribution in [2.24, 2.45) is 5.73 Å². The maximum atomic E-state index is 12.2. The molecule has 0 bridgehead atoms. The fraction of sp³-hybridized carbons (Fsp3) is 0.100. The van der Waals surface area contributed by atoms with Crippen molar-refractivity contribution in [1.29, 1.82) is 0 Å². The number of amides is 2. The summed E-state index contributed by atoms with van der Waals surface area (Å²) in [6.45, 7) is 0. The summed E-state index contributed by atoms with van der Waals surface area (Å²) >= 11 is 0. The normalized spacial score (nSPS) is 11.5. The maximum absolute atomic E-state index is 12.2. The molecule has 0 aromatic carbocycles. The predicted octanol–water partition coefficient (Wildman–Crippen LogP) is 0.934. The second kappa shape index (κ2) is 4.26. The van der Waals surface area contributed by atoms with Gasteiger partial charge in [-0.15, -0.1) is 5.10 Å². The molecule has 2 heterocycles. The zero-order chi connectivity index (χ0) is 14.2. The Balaban J connectivity index is 2.48. The Morgan fingerprint density at radius 2 is 2.05 bits per heavy atom. The molecule has 100 valence electrons. The van der Waals surface area contributed by atoms with Crippen molar-refractivity contribution in [3.63, 3.8) is 0 Å². The third kappa shape index (κ3) is 2.49. The average Bonchev–Trinajstić information content (AvgIpc) is 2.73. The molecule has 2 aromatic rings. The van der Waals surface area contributed by atoms with Crippen LogP contribution in [-0.4, -0.2) is 27.6 Å². The summed E-state index contributed by atoms with van der Waals surface area (Å²) in [4.78, 5) is 22.0. The number of nitrogens with one attached hydrogen (secondary N) is 1. The Bertz CT molecular complexity index is 662. The number of alkyl halides is 3. The standard InChI is InChI=1S/C10H7F3N4O2/c11-10(12,13)9(19)15-8-6(7(14)18)4-5-2-1-3-17(5)16-8/h1-4H,(H2,14,18)(H,15,16,19). The third-order valence-corrected chi connectivity index (χ3v) is 2.27. The molecular weight excluding hydrogens is 265 g/mol. The maximum Gasteiger partial charge on any atom is 0.471 e. The van der Waals surface area contributed by atoms with Crippen LogP contribution in [0.2, 0.25) is 0 Å². The molecule has 2 aromatic heterocycles. The smallest absolute Gasteiger partial charge is 0.365 e. The van der Waals surface area contributed by atoms with Crippen molar-refractivity contribution in [2.45, 2.75) is 6.18 Å².